The molecule has 0 radical (unpaired) electrons. The van der Waals surface area contributed by atoms with Crippen molar-refractivity contribution >= 4 is 16.6 Å². The van der Waals surface area contributed by atoms with Crippen molar-refractivity contribution in [2.45, 2.75) is 38.6 Å². The molecule has 1 N–H and O–H groups in total. The number of hydrogen-bond acceptors (Lipinski definition) is 3. The van der Waals surface area contributed by atoms with Crippen molar-refractivity contribution in [2.75, 3.05) is 0 Å². The lowest BCUT2D eigenvalue weighted by Crippen LogP contribution is -2.45. The molecule has 0 spiro atoms. The summed E-state index contributed by atoms with van der Waals surface area (Å²) < 4.78 is 13.8. The van der Waals surface area contributed by atoms with Crippen LogP contribution in [0, 0.1) is 5.82 Å². The van der Waals surface area contributed by atoms with Gasteiger partial charge in [0.05, 0.1) is 11.2 Å². The largest absolute Gasteiger partial charge is 0.360 e. The number of nitrogens with one attached hydrogen (secondary N) is 1. The smallest absolute Gasteiger partial charge is 0.151 e. The van der Waals surface area contributed by atoms with E-state index in [2.05, 4.69) is 48.9 Å². The fourth-order valence-electron chi connectivity index (χ4n) is 3.23. The van der Waals surface area contributed by atoms with Crippen molar-refractivity contribution < 1.29 is 4.39 Å². The predicted molar refractivity (Wildman–Crippen MR) is 93.0 cm³/mol. The maximum absolute atomic E-state index is 13.8. The first-order valence-electron chi connectivity index (χ1n) is 8.02. The van der Waals surface area contributed by atoms with E-state index in [0.29, 0.717) is 5.69 Å². The second kappa shape index (κ2) is 4.72. The van der Waals surface area contributed by atoms with Gasteiger partial charge in [0.2, 0.25) is 0 Å². The highest BCUT2D eigenvalue weighted by Crippen LogP contribution is 2.43. The van der Waals surface area contributed by atoms with Crippen LogP contribution in [-0.2, 0) is 5.41 Å². The summed E-state index contributed by atoms with van der Waals surface area (Å²) in [7, 11) is 0. The van der Waals surface area contributed by atoms with Crippen LogP contribution >= 0.6 is 0 Å². The zero-order valence-electron chi connectivity index (χ0n) is 14.2. The van der Waals surface area contributed by atoms with Crippen molar-refractivity contribution in [3.05, 3.63) is 59.3 Å². The monoisotopic (exact) mass is 322 g/mol. The van der Waals surface area contributed by atoms with Crippen LogP contribution in [0.15, 0.2) is 41.5 Å². The van der Waals surface area contributed by atoms with Gasteiger partial charge in [0.1, 0.15) is 16.9 Å². The lowest BCUT2D eigenvalue weighted by Gasteiger charge is -2.42. The molecule has 1 aromatic carbocycles. The fraction of sp³-hybridized carbons (Fsp3) is 0.316. The Kier molecular flexibility index (Phi) is 2.95. The van der Waals surface area contributed by atoms with Crippen LogP contribution in [0.2, 0.25) is 0 Å². The maximum atomic E-state index is 13.8. The average Bonchev–Trinajstić information content (AvgIpc) is 3.02. The Hall–Kier alpha value is -2.56. The van der Waals surface area contributed by atoms with E-state index in [-0.39, 0.29) is 22.3 Å². The molecule has 122 valence electrons. The lowest BCUT2D eigenvalue weighted by molar-refractivity contribution is 0.303. The molecular weight excluding hydrogens is 303 g/mol. The van der Waals surface area contributed by atoms with E-state index in [4.69, 9.17) is 4.99 Å². The van der Waals surface area contributed by atoms with Gasteiger partial charge in [-0.2, -0.15) is 0 Å². The Morgan fingerprint density at radius 3 is 2.62 bits per heavy atom. The first-order valence-corrected chi connectivity index (χ1v) is 8.02. The molecular formula is C19H19FN4. The molecule has 3 aromatic rings. The van der Waals surface area contributed by atoms with Crippen molar-refractivity contribution in [3.63, 3.8) is 0 Å². The molecule has 0 atom stereocenters. The molecule has 4 rings (SSSR count). The highest BCUT2D eigenvalue weighted by atomic mass is 19.1. The molecule has 0 amide bonds. The first kappa shape index (κ1) is 15.0. The van der Waals surface area contributed by atoms with E-state index >= 15 is 0 Å². The SMILES string of the molecule is CC1(C)N=C(c2cc3cccc(F)c3nn2)c2[nH]ccc2C1(C)C. The fourth-order valence-corrected chi connectivity index (χ4v) is 3.23. The average molecular weight is 322 g/mol. The van der Waals surface area contributed by atoms with Crippen molar-refractivity contribution in [1.82, 2.24) is 15.2 Å². The number of H-pyrrole nitrogens is 1. The molecule has 4 nitrogen and oxygen atoms in total. The highest BCUT2D eigenvalue weighted by Gasteiger charge is 2.44. The van der Waals surface area contributed by atoms with Crippen molar-refractivity contribution in [2.24, 2.45) is 4.99 Å². The van der Waals surface area contributed by atoms with Gasteiger partial charge in [-0.05, 0) is 37.6 Å². The zero-order chi connectivity index (χ0) is 17.1. The summed E-state index contributed by atoms with van der Waals surface area (Å²) in [6.45, 7) is 8.64. The van der Waals surface area contributed by atoms with Gasteiger partial charge >= 0.3 is 0 Å². The first-order chi connectivity index (χ1) is 11.3. The second-order valence-electron chi connectivity index (χ2n) is 7.32. The molecule has 2 aromatic heterocycles. The van der Waals surface area contributed by atoms with Crippen molar-refractivity contribution in [3.8, 4) is 0 Å². The topological polar surface area (TPSA) is 53.9 Å². The third-order valence-electron chi connectivity index (χ3n) is 5.39. The molecule has 0 fully saturated rings. The molecule has 0 saturated heterocycles. The second-order valence-corrected chi connectivity index (χ2v) is 7.32. The standard InChI is InChI=1S/C19H19FN4/c1-18(2)12-8-9-21-16(12)17(22-19(18,3)4)14-10-11-6-5-7-13(20)15(11)24-23-14/h5-10,21H,1-4H3. The van der Waals surface area contributed by atoms with Crippen LogP contribution in [0.5, 0.6) is 0 Å². The molecule has 5 heteroatoms. The van der Waals surface area contributed by atoms with Crippen LogP contribution in [0.1, 0.15) is 44.6 Å². The number of aromatic nitrogens is 3. The summed E-state index contributed by atoms with van der Waals surface area (Å²) in [5.74, 6) is -0.362. The van der Waals surface area contributed by atoms with Crippen LogP contribution in [-0.4, -0.2) is 26.4 Å². The van der Waals surface area contributed by atoms with Gasteiger partial charge in [0, 0.05) is 17.0 Å². The number of halogens is 1. The number of fused-ring (bicyclic) bond motifs is 2. The van der Waals surface area contributed by atoms with Gasteiger partial charge < -0.3 is 4.98 Å². The Labute approximate surface area is 139 Å². The summed E-state index contributed by atoms with van der Waals surface area (Å²) >= 11 is 0. The lowest BCUT2D eigenvalue weighted by atomic mass is 9.67. The number of aromatic amines is 1. The Morgan fingerprint density at radius 1 is 1.04 bits per heavy atom. The van der Waals surface area contributed by atoms with Crippen molar-refractivity contribution in [1.29, 1.82) is 0 Å². The van der Waals surface area contributed by atoms with Crippen LogP contribution in [0.4, 0.5) is 4.39 Å². The summed E-state index contributed by atoms with van der Waals surface area (Å²) in [6, 6.07) is 8.86. The van der Waals surface area contributed by atoms with E-state index in [1.54, 1.807) is 6.07 Å². The number of hydrogen-bond donors (Lipinski definition) is 1. The van der Waals surface area contributed by atoms with Gasteiger partial charge in [-0.1, -0.05) is 26.0 Å². The third-order valence-corrected chi connectivity index (χ3v) is 5.39. The van der Waals surface area contributed by atoms with E-state index < -0.39 is 0 Å². The van der Waals surface area contributed by atoms with Gasteiger partial charge in [-0.25, -0.2) is 4.39 Å². The minimum atomic E-state index is -0.362. The predicted octanol–water partition coefficient (Wildman–Crippen LogP) is 4.00. The molecule has 1 aliphatic heterocycles. The number of nitrogens with zero attached hydrogens (tertiary/aromatic N) is 3. The number of aliphatic imine (C=N–C) groups is 1. The van der Waals surface area contributed by atoms with Crippen LogP contribution in [0.25, 0.3) is 10.9 Å². The summed E-state index contributed by atoms with van der Waals surface area (Å²) in [6.07, 6.45) is 1.93. The molecule has 3 heterocycles. The normalized spacial score (nSPS) is 18.3. The quantitative estimate of drug-likeness (QED) is 0.736. The highest BCUT2D eigenvalue weighted by molar-refractivity contribution is 6.13. The maximum Gasteiger partial charge on any atom is 0.151 e. The van der Waals surface area contributed by atoms with Gasteiger partial charge in [0.25, 0.3) is 0 Å². The van der Waals surface area contributed by atoms with Gasteiger partial charge in [-0.3, -0.25) is 4.99 Å². The molecule has 24 heavy (non-hydrogen) atoms. The molecule has 0 unspecified atom stereocenters. The molecule has 0 saturated carbocycles. The Balaban J connectivity index is 1.95. The summed E-state index contributed by atoms with van der Waals surface area (Å²) in [5.41, 5.74) is 3.48. The molecule has 1 aliphatic rings. The van der Waals surface area contributed by atoms with E-state index in [1.165, 1.54) is 11.6 Å². The Morgan fingerprint density at radius 2 is 1.83 bits per heavy atom. The van der Waals surface area contributed by atoms with Crippen LogP contribution < -0.4 is 0 Å². The summed E-state index contributed by atoms with van der Waals surface area (Å²) in [4.78, 5) is 8.26. The van der Waals surface area contributed by atoms with E-state index in [0.717, 1.165) is 16.8 Å². The minimum Gasteiger partial charge on any atom is -0.360 e. The third kappa shape index (κ3) is 1.94. The Bertz CT molecular complexity index is 982. The zero-order valence-corrected chi connectivity index (χ0v) is 14.2. The molecule has 0 aliphatic carbocycles. The van der Waals surface area contributed by atoms with E-state index in [9.17, 15) is 4.39 Å². The van der Waals surface area contributed by atoms with E-state index in [1.807, 2.05) is 18.3 Å². The number of benzene rings is 1. The number of rotatable bonds is 1. The summed E-state index contributed by atoms with van der Waals surface area (Å²) in [5, 5.41) is 9.04. The minimum absolute atomic E-state index is 0.109. The van der Waals surface area contributed by atoms with Gasteiger partial charge in [-0.15, -0.1) is 10.2 Å². The van der Waals surface area contributed by atoms with Gasteiger partial charge in [0.15, 0.2) is 5.82 Å². The van der Waals surface area contributed by atoms with Crippen LogP contribution in [0.3, 0.4) is 0 Å². The molecule has 0 bridgehead atoms.